The SMILES string of the molecule is CCCCCNNCCCCCCN. The summed E-state index contributed by atoms with van der Waals surface area (Å²) in [6.45, 7) is 5.24. The lowest BCUT2D eigenvalue weighted by Crippen LogP contribution is -2.33. The van der Waals surface area contributed by atoms with E-state index in [1.54, 1.807) is 0 Å². The molecule has 0 unspecified atom stereocenters. The van der Waals surface area contributed by atoms with E-state index < -0.39 is 0 Å². The fourth-order valence-electron chi connectivity index (χ4n) is 1.35. The van der Waals surface area contributed by atoms with Crippen molar-refractivity contribution in [3.63, 3.8) is 0 Å². The average molecular weight is 201 g/mol. The highest BCUT2D eigenvalue weighted by Gasteiger charge is 1.89. The smallest absolute Gasteiger partial charge is 0.00997 e. The van der Waals surface area contributed by atoms with Gasteiger partial charge < -0.3 is 5.73 Å². The molecule has 4 N–H and O–H groups in total. The van der Waals surface area contributed by atoms with Gasteiger partial charge in [-0.15, -0.1) is 0 Å². The molecule has 0 saturated carbocycles. The molecule has 0 radical (unpaired) electrons. The van der Waals surface area contributed by atoms with Crippen molar-refractivity contribution < 1.29 is 0 Å². The van der Waals surface area contributed by atoms with Gasteiger partial charge in [-0.1, -0.05) is 32.6 Å². The van der Waals surface area contributed by atoms with Crippen LogP contribution in [0.25, 0.3) is 0 Å². The first-order chi connectivity index (χ1) is 6.91. The molecular weight excluding hydrogens is 174 g/mol. The van der Waals surface area contributed by atoms with E-state index in [4.69, 9.17) is 5.73 Å². The molecule has 0 atom stereocenters. The van der Waals surface area contributed by atoms with Gasteiger partial charge in [-0.2, -0.15) is 0 Å². The van der Waals surface area contributed by atoms with Crippen molar-refractivity contribution in [3.8, 4) is 0 Å². The van der Waals surface area contributed by atoms with Gasteiger partial charge >= 0.3 is 0 Å². The van der Waals surface area contributed by atoms with Gasteiger partial charge in [-0.05, 0) is 25.8 Å². The first kappa shape index (κ1) is 13.9. The van der Waals surface area contributed by atoms with Crippen LogP contribution in [0.5, 0.6) is 0 Å². The fourth-order valence-corrected chi connectivity index (χ4v) is 1.35. The molecule has 0 saturated heterocycles. The second kappa shape index (κ2) is 12.9. The topological polar surface area (TPSA) is 50.1 Å². The molecule has 14 heavy (non-hydrogen) atoms. The maximum atomic E-state index is 5.41. The van der Waals surface area contributed by atoms with Gasteiger partial charge in [0.15, 0.2) is 0 Å². The van der Waals surface area contributed by atoms with E-state index in [0.717, 1.165) is 19.6 Å². The Morgan fingerprint density at radius 1 is 0.786 bits per heavy atom. The molecule has 0 rings (SSSR count). The maximum absolute atomic E-state index is 5.41. The molecule has 0 aliphatic heterocycles. The van der Waals surface area contributed by atoms with Crippen molar-refractivity contribution in [2.45, 2.75) is 51.9 Å². The fraction of sp³-hybridized carbons (Fsp3) is 1.00. The molecule has 0 aromatic carbocycles. The summed E-state index contributed by atoms with van der Waals surface area (Å²) in [6, 6.07) is 0. The normalized spacial score (nSPS) is 10.7. The van der Waals surface area contributed by atoms with Gasteiger partial charge in [0.2, 0.25) is 0 Å². The molecule has 86 valence electrons. The van der Waals surface area contributed by atoms with Crippen LogP contribution in [-0.4, -0.2) is 19.6 Å². The third-order valence-electron chi connectivity index (χ3n) is 2.29. The minimum absolute atomic E-state index is 0.836. The van der Waals surface area contributed by atoms with E-state index in [-0.39, 0.29) is 0 Å². The highest BCUT2D eigenvalue weighted by molar-refractivity contribution is 4.47. The molecule has 0 aromatic heterocycles. The summed E-state index contributed by atoms with van der Waals surface area (Å²) in [5.74, 6) is 0. The summed E-state index contributed by atoms with van der Waals surface area (Å²) in [5, 5.41) is 0. The number of hydrogen-bond donors (Lipinski definition) is 3. The first-order valence-corrected chi connectivity index (χ1v) is 6.07. The molecule has 0 aliphatic rings. The van der Waals surface area contributed by atoms with Crippen molar-refractivity contribution in [2.75, 3.05) is 19.6 Å². The molecule has 0 spiro atoms. The molecule has 3 heteroatoms. The van der Waals surface area contributed by atoms with Gasteiger partial charge in [0.25, 0.3) is 0 Å². The Morgan fingerprint density at radius 2 is 1.36 bits per heavy atom. The number of unbranched alkanes of at least 4 members (excludes halogenated alkanes) is 5. The summed E-state index contributed by atoms with van der Waals surface area (Å²) in [6.07, 6.45) is 8.88. The Balaban J connectivity index is 2.78. The summed E-state index contributed by atoms with van der Waals surface area (Å²) in [4.78, 5) is 0. The molecular formula is C11H27N3. The first-order valence-electron chi connectivity index (χ1n) is 6.07. The van der Waals surface area contributed by atoms with Crippen LogP contribution in [0.1, 0.15) is 51.9 Å². The van der Waals surface area contributed by atoms with E-state index >= 15 is 0 Å². The molecule has 0 aromatic rings. The lowest BCUT2D eigenvalue weighted by Gasteiger charge is -2.06. The van der Waals surface area contributed by atoms with Crippen LogP contribution < -0.4 is 16.6 Å². The van der Waals surface area contributed by atoms with Gasteiger partial charge in [-0.25, -0.2) is 0 Å². The number of rotatable bonds is 11. The predicted molar refractivity (Wildman–Crippen MR) is 63.1 cm³/mol. The summed E-state index contributed by atoms with van der Waals surface area (Å²) >= 11 is 0. The highest BCUT2D eigenvalue weighted by atomic mass is 15.3. The molecule has 0 aliphatic carbocycles. The Hall–Kier alpha value is -0.120. The minimum atomic E-state index is 0.836. The largest absolute Gasteiger partial charge is 0.330 e. The molecule has 0 fully saturated rings. The number of hydrazine groups is 1. The van der Waals surface area contributed by atoms with Gasteiger partial charge in [0.1, 0.15) is 0 Å². The lowest BCUT2D eigenvalue weighted by molar-refractivity contribution is 0.490. The van der Waals surface area contributed by atoms with Crippen molar-refractivity contribution in [3.05, 3.63) is 0 Å². The second-order valence-corrected chi connectivity index (χ2v) is 3.76. The van der Waals surface area contributed by atoms with Crippen molar-refractivity contribution in [1.29, 1.82) is 0 Å². The summed E-state index contributed by atoms with van der Waals surface area (Å²) < 4.78 is 0. The standard InChI is InChI=1S/C11H27N3/c1-2-3-7-10-13-14-11-8-5-4-6-9-12/h13-14H,2-12H2,1H3. The van der Waals surface area contributed by atoms with Gasteiger partial charge in [-0.3, -0.25) is 10.9 Å². The highest BCUT2D eigenvalue weighted by Crippen LogP contribution is 1.96. The van der Waals surface area contributed by atoms with E-state index in [1.165, 1.54) is 44.9 Å². The maximum Gasteiger partial charge on any atom is 0.00997 e. The second-order valence-electron chi connectivity index (χ2n) is 3.76. The average Bonchev–Trinajstić information content (AvgIpc) is 2.21. The summed E-state index contributed by atoms with van der Waals surface area (Å²) in [7, 11) is 0. The van der Waals surface area contributed by atoms with Crippen LogP contribution in [0.15, 0.2) is 0 Å². The van der Waals surface area contributed by atoms with E-state index in [0.29, 0.717) is 0 Å². The van der Waals surface area contributed by atoms with E-state index in [1.807, 2.05) is 0 Å². The van der Waals surface area contributed by atoms with Crippen LogP contribution in [0, 0.1) is 0 Å². The van der Waals surface area contributed by atoms with Crippen LogP contribution in [0.2, 0.25) is 0 Å². The lowest BCUT2D eigenvalue weighted by atomic mass is 10.2. The molecule has 0 amide bonds. The number of nitrogens with one attached hydrogen (secondary N) is 2. The van der Waals surface area contributed by atoms with Crippen molar-refractivity contribution in [1.82, 2.24) is 10.9 Å². The molecule has 0 heterocycles. The van der Waals surface area contributed by atoms with Crippen LogP contribution in [0.4, 0.5) is 0 Å². The predicted octanol–water partition coefficient (Wildman–Crippen LogP) is 1.79. The zero-order valence-electron chi connectivity index (χ0n) is 9.65. The van der Waals surface area contributed by atoms with Crippen molar-refractivity contribution in [2.24, 2.45) is 5.73 Å². The third kappa shape index (κ3) is 11.9. The monoisotopic (exact) mass is 201 g/mol. The van der Waals surface area contributed by atoms with E-state index in [9.17, 15) is 0 Å². The zero-order valence-corrected chi connectivity index (χ0v) is 9.65. The summed E-state index contributed by atoms with van der Waals surface area (Å²) in [5.41, 5.74) is 11.9. The Labute approximate surface area is 88.8 Å². The van der Waals surface area contributed by atoms with Gasteiger partial charge in [0.05, 0.1) is 0 Å². The van der Waals surface area contributed by atoms with Crippen LogP contribution in [-0.2, 0) is 0 Å². The number of nitrogens with two attached hydrogens (primary N) is 1. The van der Waals surface area contributed by atoms with Crippen molar-refractivity contribution >= 4 is 0 Å². The number of hydrogen-bond acceptors (Lipinski definition) is 3. The minimum Gasteiger partial charge on any atom is -0.330 e. The Kier molecular flexibility index (Phi) is 12.8. The van der Waals surface area contributed by atoms with Crippen LogP contribution >= 0.6 is 0 Å². The molecule has 0 bridgehead atoms. The third-order valence-corrected chi connectivity index (χ3v) is 2.29. The zero-order chi connectivity index (χ0) is 10.5. The van der Waals surface area contributed by atoms with Gasteiger partial charge in [0, 0.05) is 13.1 Å². The molecule has 3 nitrogen and oxygen atoms in total. The Morgan fingerprint density at radius 3 is 1.93 bits per heavy atom. The van der Waals surface area contributed by atoms with Crippen LogP contribution in [0.3, 0.4) is 0 Å². The quantitative estimate of drug-likeness (QED) is 0.353. The Bertz CT molecular complexity index is 84.5. The van der Waals surface area contributed by atoms with E-state index in [2.05, 4.69) is 17.8 Å².